The molecule has 4 aromatic rings. The van der Waals surface area contributed by atoms with Gasteiger partial charge < -0.3 is 5.32 Å². The molecular formula is C20H16ClN7O. The lowest BCUT2D eigenvalue weighted by Gasteiger charge is -2.15. The molecule has 5 rings (SSSR count). The van der Waals surface area contributed by atoms with Crippen molar-refractivity contribution in [3.05, 3.63) is 70.8 Å². The van der Waals surface area contributed by atoms with Gasteiger partial charge in [0.25, 0.3) is 5.91 Å². The Bertz CT molecular complexity index is 1230. The summed E-state index contributed by atoms with van der Waals surface area (Å²) < 4.78 is 1.64. The van der Waals surface area contributed by atoms with Crippen molar-refractivity contribution in [2.75, 3.05) is 5.32 Å². The Hall–Kier alpha value is -3.52. The zero-order valence-electron chi connectivity index (χ0n) is 15.5. The molecule has 0 saturated carbocycles. The number of carbonyl (C=O) groups is 1. The molecule has 1 N–H and O–H groups in total. The van der Waals surface area contributed by atoms with Gasteiger partial charge in [0.15, 0.2) is 5.82 Å². The zero-order valence-corrected chi connectivity index (χ0v) is 16.3. The molecular weight excluding hydrogens is 390 g/mol. The van der Waals surface area contributed by atoms with E-state index >= 15 is 0 Å². The van der Waals surface area contributed by atoms with Gasteiger partial charge in [-0.1, -0.05) is 35.9 Å². The Labute approximate surface area is 171 Å². The van der Waals surface area contributed by atoms with E-state index in [0.29, 0.717) is 22.2 Å². The molecule has 0 bridgehead atoms. The van der Waals surface area contributed by atoms with Crippen LogP contribution in [0.5, 0.6) is 0 Å². The van der Waals surface area contributed by atoms with Crippen LogP contribution in [0, 0.1) is 0 Å². The van der Waals surface area contributed by atoms with Crippen molar-refractivity contribution in [2.24, 2.45) is 7.05 Å². The largest absolute Gasteiger partial charge is 0.319 e. The maximum Gasteiger partial charge on any atom is 0.274 e. The summed E-state index contributed by atoms with van der Waals surface area (Å²) in [6.07, 6.45) is 6.26. The summed E-state index contributed by atoms with van der Waals surface area (Å²) >= 11 is 6.30. The molecule has 1 aromatic carbocycles. The van der Waals surface area contributed by atoms with Crippen molar-refractivity contribution in [3.63, 3.8) is 0 Å². The fourth-order valence-electron chi connectivity index (χ4n) is 3.70. The number of aromatic nitrogens is 6. The average molecular weight is 406 g/mol. The van der Waals surface area contributed by atoms with Crippen molar-refractivity contribution >= 4 is 23.2 Å². The van der Waals surface area contributed by atoms with Crippen LogP contribution >= 0.6 is 11.6 Å². The molecule has 9 heteroatoms. The number of anilines is 1. The second kappa shape index (κ2) is 6.82. The molecule has 0 fully saturated rings. The Kier molecular flexibility index (Phi) is 4.13. The summed E-state index contributed by atoms with van der Waals surface area (Å²) in [5.41, 5.74) is 5.20. The van der Waals surface area contributed by atoms with Gasteiger partial charge in [0, 0.05) is 18.2 Å². The molecule has 0 atom stereocenters. The van der Waals surface area contributed by atoms with Gasteiger partial charge in [-0.25, -0.2) is 4.98 Å². The van der Waals surface area contributed by atoms with E-state index < -0.39 is 0 Å². The lowest BCUT2D eigenvalue weighted by Crippen LogP contribution is -2.19. The van der Waals surface area contributed by atoms with Crippen molar-refractivity contribution in [1.29, 1.82) is 0 Å². The number of hydrogen-bond acceptors (Lipinski definition) is 5. The number of fused-ring (bicyclic) bond motifs is 3. The Morgan fingerprint density at radius 3 is 2.76 bits per heavy atom. The van der Waals surface area contributed by atoms with Gasteiger partial charge in [0.1, 0.15) is 5.69 Å². The molecule has 1 amide bonds. The highest BCUT2D eigenvalue weighted by atomic mass is 35.5. The predicted molar refractivity (Wildman–Crippen MR) is 108 cm³/mol. The summed E-state index contributed by atoms with van der Waals surface area (Å²) in [4.78, 5) is 18.6. The quantitative estimate of drug-likeness (QED) is 0.565. The van der Waals surface area contributed by atoms with Gasteiger partial charge in [0.2, 0.25) is 0 Å². The van der Waals surface area contributed by atoms with Gasteiger partial charge in [-0.15, -0.1) is 4.80 Å². The third-order valence-electron chi connectivity index (χ3n) is 4.97. The number of halogens is 1. The first-order chi connectivity index (χ1) is 14.1. The fraction of sp³-hybridized carbons (Fsp3) is 0.150. The van der Waals surface area contributed by atoms with Crippen LogP contribution in [0.1, 0.15) is 21.6 Å². The van der Waals surface area contributed by atoms with Crippen molar-refractivity contribution in [1.82, 2.24) is 29.8 Å². The van der Waals surface area contributed by atoms with E-state index in [1.807, 2.05) is 18.2 Å². The number of hydrogen-bond donors (Lipinski definition) is 1. The highest BCUT2D eigenvalue weighted by Gasteiger charge is 2.27. The van der Waals surface area contributed by atoms with Crippen LogP contribution in [0.25, 0.3) is 17.1 Å². The number of aryl methyl sites for hydroxylation is 2. The highest BCUT2D eigenvalue weighted by Crippen LogP contribution is 2.34. The van der Waals surface area contributed by atoms with Gasteiger partial charge >= 0.3 is 0 Å². The first-order valence-corrected chi connectivity index (χ1v) is 9.47. The van der Waals surface area contributed by atoms with Crippen LogP contribution in [0.3, 0.4) is 0 Å². The standard InChI is InChI=1S/C20H16ClN7O/c1-27-18(15-7-6-12-4-2-3-5-14(12)17(15)26-27)20(29)25-13-10-16(21)19(22-11-13)28-23-8-9-24-28/h2-5,8-11H,6-7H2,1H3,(H,25,29). The Morgan fingerprint density at radius 1 is 1.17 bits per heavy atom. The first-order valence-electron chi connectivity index (χ1n) is 9.09. The molecule has 0 radical (unpaired) electrons. The first kappa shape index (κ1) is 17.6. The van der Waals surface area contributed by atoms with Gasteiger partial charge in [-0.2, -0.15) is 15.3 Å². The molecule has 1 aliphatic rings. The molecule has 3 heterocycles. The number of benzene rings is 1. The summed E-state index contributed by atoms with van der Waals surface area (Å²) in [5.74, 6) is 0.146. The molecule has 0 aliphatic heterocycles. The maximum absolute atomic E-state index is 13.0. The molecule has 8 nitrogen and oxygen atoms in total. The molecule has 0 saturated heterocycles. The zero-order chi connectivity index (χ0) is 20.0. The van der Waals surface area contributed by atoms with Gasteiger partial charge in [-0.05, 0) is 24.5 Å². The van der Waals surface area contributed by atoms with Crippen LogP contribution in [0.15, 0.2) is 48.9 Å². The van der Waals surface area contributed by atoms with Crippen LogP contribution < -0.4 is 5.32 Å². The van der Waals surface area contributed by atoms with E-state index in [-0.39, 0.29) is 5.91 Å². The minimum Gasteiger partial charge on any atom is -0.319 e. The van der Waals surface area contributed by atoms with E-state index in [1.165, 1.54) is 29.0 Å². The minimum atomic E-state index is -0.247. The van der Waals surface area contributed by atoms with Crippen molar-refractivity contribution in [3.8, 4) is 17.1 Å². The molecule has 0 spiro atoms. The van der Waals surface area contributed by atoms with E-state index in [2.05, 4.69) is 31.7 Å². The number of rotatable bonds is 3. The van der Waals surface area contributed by atoms with Crippen LogP contribution in [-0.2, 0) is 19.9 Å². The topological polar surface area (TPSA) is 90.5 Å². The summed E-state index contributed by atoms with van der Waals surface area (Å²) in [6.45, 7) is 0. The molecule has 29 heavy (non-hydrogen) atoms. The summed E-state index contributed by atoms with van der Waals surface area (Å²) in [5, 5.41) is 15.9. The van der Waals surface area contributed by atoms with Crippen molar-refractivity contribution < 1.29 is 4.79 Å². The third kappa shape index (κ3) is 2.98. The number of pyridine rings is 1. The number of nitrogens with zero attached hydrogens (tertiary/aromatic N) is 6. The second-order valence-corrected chi connectivity index (χ2v) is 7.17. The van der Waals surface area contributed by atoms with Crippen LogP contribution in [0.4, 0.5) is 5.69 Å². The fourth-order valence-corrected chi connectivity index (χ4v) is 3.94. The SMILES string of the molecule is Cn1nc2c(c1C(=O)Nc1cnc(-n3nccn3)c(Cl)c1)CCc1ccccc1-2. The summed E-state index contributed by atoms with van der Waals surface area (Å²) in [6, 6.07) is 9.80. The maximum atomic E-state index is 13.0. The Morgan fingerprint density at radius 2 is 1.97 bits per heavy atom. The van der Waals surface area contributed by atoms with E-state index in [1.54, 1.807) is 17.8 Å². The molecule has 0 unspecified atom stereocenters. The third-order valence-corrected chi connectivity index (χ3v) is 5.24. The van der Waals surface area contributed by atoms with Crippen LogP contribution in [0.2, 0.25) is 5.02 Å². The van der Waals surface area contributed by atoms with Gasteiger partial charge in [0.05, 0.1) is 35.0 Å². The number of nitrogens with one attached hydrogen (secondary N) is 1. The lowest BCUT2D eigenvalue weighted by atomic mass is 9.89. The van der Waals surface area contributed by atoms with E-state index in [4.69, 9.17) is 11.6 Å². The number of carbonyl (C=O) groups excluding carboxylic acids is 1. The Balaban J connectivity index is 1.46. The smallest absolute Gasteiger partial charge is 0.274 e. The van der Waals surface area contributed by atoms with E-state index in [9.17, 15) is 4.79 Å². The van der Waals surface area contributed by atoms with Crippen LogP contribution in [-0.4, -0.2) is 35.7 Å². The predicted octanol–water partition coefficient (Wildman–Crippen LogP) is 3.07. The van der Waals surface area contributed by atoms with Gasteiger partial charge in [-0.3, -0.25) is 9.48 Å². The minimum absolute atomic E-state index is 0.247. The monoisotopic (exact) mass is 405 g/mol. The molecule has 144 valence electrons. The second-order valence-electron chi connectivity index (χ2n) is 6.76. The van der Waals surface area contributed by atoms with E-state index in [0.717, 1.165) is 29.7 Å². The molecule has 3 aromatic heterocycles. The molecule has 1 aliphatic carbocycles. The lowest BCUT2D eigenvalue weighted by molar-refractivity contribution is 0.101. The summed E-state index contributed by atoms with van der Waals surface area (Å²) in [7, 11) is 1.79. The normalized spacial score (nSPS) is 12.3. The highest BCUT2D eigenvalue weighted by molar-refractivity contribution is 6.32. The average Bonchev–Trinajstić information content (AvgIpc) is 3.35. The van der Waals surface area contributed by atoms with Crippen molar-refractivity contribution in [2.45, 2.75) is 12.8 Å². The number of amides is 1.